The average Bonchev–Trinajstić information content (AvgIpc) is 2.97. The Balaban J connectivity index is 1.83. The first-order valence-corrected chi connectivity index (χ1v) is 7.81. The number of benzene rings is 1. The van der Waals surface area contributed by atoms with Crippen LogP contribution in [0.25, 0.3) is 11.1 Å². The summed E-state index contributed by atoms with van der Waals surface area (Å²) in [6, 6.07) is 10.6. The number of rotatable bonds is 2. The summed E-state index contributed by atoms with van der Waals surface area (Å²) in [6.45, 7) is 8.30. The summed E-state index contributed by atoms with van der Waals surface area (Å²) in [5.41, 5.74) is 2.98. The summed E-state index contributed by atoms with van der Waals surface area (Å²) in [7, 11) is -0.281. The van der Waals surface area contributed by atoms with Gasteiger partial charge in [0.2, 0.25) is 0 Å². The Bertz CT molecular complexity index is 571. The van der Waals surface area contributed by atoms with E-state index in [9.17, 15) is 0 Å². The van der Waals surface area contributed by atoms with Crippen molar-refractivity contribution in [3.63, 3.8) is 0 Å². The van der Waals surface area contributed by atoms with Crippen LogP contribution < -0.4 is 5.46 Å². The van der Waals surface area contributed by atoms with Gasteiger partial charge in [-0.15, -0.1) is 0 Å². The van der Waals surface area contributed by atoms with Gasteiger partial charge in [-0.3, -0.25) is 0 Å². The first kappa shape index (κ1) is 13.9. The van der Waals surface area contributed by atoms with Crippen LogP contribution in [0.3, 0.4) is 0 Å². The van der Waals surface area contributed by atoms with Gasteiger partial charge in [-0.25, -0.2) is 0 Å². The van der Waals surface area contributed by atoms with Crippen molar-refractivity contribution in [2.24, 2.45) is 0 Å². The molecular weight excluding hydrogens is 267 g/mol. The van der Waals surface area contributed by atoms with Gasteiger partial charge in [0.1, 0.15) is 0 Å². The van der Waals surface area contributed by atoms with Crippen molar-refractivity contribution in [2.75, 3.05) is 0 Å². The fourth-order valence-corrected chi connectivity index (χ4v) is 2.91. The van der Waals surface area contributed by atoms with E-state index in [1.165, 1.54) is 11.1 Å². The maximum Gasteiger partial charge on any atom is 0.494 e. The van der Waals surface area contributed by atoms with Gasteiger partial charge in [0.05, 0.1) is 11.2 Å². The third-order valence-corrected chi connectivity index (χ3v) is 4.97. The van der Waals surface area contributed by atoms with Crippen molar-refractivity contribution in [3.05, 3.63) is 41.1 Å². The maximum atomic E-state index is 6.06. The van der Waals surface area contributed by atoms with Crippen LogP contribution in [0.2, 0.25) is 0 Å². The molecule has 2 aromatic rings. The molecule has 0 unspecified atom stereocenters. The molecule has 2 nitrogen and oxygen atoms in total. The average molecular weight is 286 g/mol. The zero-order chi connectivity index (χ0) is 14.4. The van der Waals surface area contributed by atoms with Crippen LogP contribution in [0.5, 0.6) is 0 Å². The summed E-state index contributed by atoms with van der Waals surface area (Å²) < 4.78 is 12.1. The van der Waals surface area contributed by atoms with E-state index in [4.69, 9.17) is 9.31 Å². The molecule has 1 fully saturated rings. The molecule has 104 valence electrons. The molecule has 1 saturated heterocycles. The van der Waals surface area contributed by atoms with E-state index in [0.717, 1.165) is 5.46 Å². The van der Waals surface area contributed by atoms with Crippen molar-refractivity contribution in [1.29, 1.82) is 0 Å². The number of hydrogen-bond acceptors (Lipinski definition) is 3. The van der Waals surface area contributed by atoms with Gasteiger partial charge in [-0.2, -0.15) is 11.3 Å². The minimum Gasteiger partial charge on any atom is -0.399 e. The summed E-state index contributed by atoms with van der Waals surface area (Å²) in [4.78, 5) is 0. The largest absolute Gasteiger partial charge is 0.494 e. The van der Waals surface area contributed by atoms with Crippen LogP contribution >= 0.6 is 11.3 Å². The fraction of sp³-hybridized carbons (Fsp3) is 0.375. The van der Waals surface area contributed by atoms with Gasteiger partial charge < -0.3 is 9.31 Å². The summed E-state index contributed by atoms with van der Waals surface area (Å²) >= 11 is 1.71. The molecular formula is C16H19BO2S. The van der Waals surface area contributed by atoms with E-state index < -0.39 is 0 Å². The second-order valence-corrected chi connectivity index (χ2v) is 7.00. The highest BCUT2D eigenvalue weighted by molar-refractivity contribution is 7.08. The summed E-state index contributed by atoms with van der Waals surface area (Å²) in [6.07, 6.45) is 0. The third kappa shape index (κ3) is 2.32. The Hall–Kier alpha value is -1.10. The van der Waals surface area contributed by atoms with E-state index in [1.54, 1.807) is 11.3 Å². The topological polar surface area (TPSA) is 18.5 Å². The zero-order valence-corrected chi connectivity index (χ0v) is 13.2. The molecule has 1 aliphatic rings. The van der Waals surface area contributed by atoms with Gasteiger partial charge in [0.15, 0.2) is 0 Å². The highest BCUT2D eigenvalue weighted by Crippen LogP contribution is 2.36. The van der Waals surface area contributed by atoms with Crippen molar-refractivity contribution in [1.82, 2.24) is 0 Å². The lowest BCUT2D eigenvalue weighted by atomic mass is 9.78. The van der Waals surface area contributed by atoms with Crippen LogP contribution in [0, 0.1) is 0 Å². The van der Waals surface area contributed by atoms with E-state index in [-0.39, 0.29) is 18.3 Å². The molecule has 0 bridgehead atoms. The molecule has 1 aromatic carbocycles. The molecule has 0 radical (unpaired) electrons. The molecule has 1 aliphatic heterocycles. The molecule has 3 rings (SSSR count). The predicted molar refractivity (Wildman–Crippen MR) is 85.5 cm³/mol. The molecule has 0 saturated carbocycles. The van der Waals surface area contributed by atoms with Crippen molar-refractivity contribution in [3.8, 4) is 11.1 Å². The number of thiophene rings is 1. The van der Waals surface area contributed by atoms with Crippen molar-refractivity contribution in [2.45, 2.75) is 38.9 Å². The van der Waals surface area contributed by atoms with Gasteiger partial charge in [0.25, 0.3) is 0 Å². The van der Waals surface area contributed by atoms with Gasteiger partial charge in [-0.1, -0.05) is 24.3 Å². The van der Waals surface area contributed by atoms with Crippen molar-refractivity contribution >= 4 is 23.9 Å². The van der Waals surface area contributed by atoms with Crippen LogP contribution in [-0.4, -0.2) is 18.3 Å². The molecule has 0 atom stereocenters. The second kappa shape index (κ2) is 4.73. The van der Waals surface area contributed by atoms with Gasteiger partial charge in [-0.05, 0) is 61.1 Å². The summed E-state index contributed by atoms with van der Waals surface area (Å²) in [5.74, 6) is 0. The highest BCUT2D eigenvalue weighted by atomic mass is 32.1. The summed E-state index contributed by atoms with van der Waals surface area (Å²) in [5, 5.41) is 4.25. The van der Waals surface area contributed by atoms with Gasteiger partial charge in [0, 0.05) is 0 Å². The molecule has 4 heteroatoms. The lowest BCUT2D eigenvalue weighted by Crippen LogP contribution is -2.41. The first-order valence-electron chi connectivity index (χ1n) is 6.87. The lowest BCUT2D eigenvalue weighted by Gasteiger charge is -2.32. The molecule has 0 amide bonds. The standard InChI is InChI=1S/C16H19BO2S/c1-15(2)16(3,4)19-17(18-15)14-7-5-12(6-8-14)13-9-10-20-11-13/h5-11H,1-4H3. The van der Waals surface area contributed by atoms with Crippen LogP contribution in [0.4, 0.5) is 0 Å². The van der Waals surface area contributed by atoms with E-state index in [2.05, 4.69) is 68.8 Å². The molecule has 2 heterocycles. The normalized spacial score (nSPS) is 20.3. The van der Waals surface area contributed by atoms with E-state index in [0.29, 0.717) is 0 Å². The van der Waals surface area contributed by atoms with Crippen LogP contribution in [-0.2, 0) is 9.31 Å². The van der Waals surface area contributed by atoms with E-state index >= 15 is 0 Å². The first-order chi connectivity index (χ1) is 9.39. The van der Waals surface area contributed by atoms with Crippen LogP contribution in [0.1, 0.15) is 27.7 Å². The van der Waals surface area contributed by atoms with Crippen LogP contribution in [0.15, 0.2) is 41.1 Å². The second-order valence-electron chi connectivity index (χ2n) is 6.22. The predicted octanol–water partition coefficient (Wildman–Crippen LogP) is 3.71. The zero-order valence-electron chi connectivity index (χ0n) is 12.3. The number of hydrogen-bond donors (Lipinski definition) is 0. The lowest BCUT2D eigenvalue weighted by molar-refractivity contribution is 0.00578. The Labute approximate surface area is 124 Å². The molecule has 0 N–H and O–H groups in total. The quantitative estimate of drug-likeness (QED) is 0.783. The molecule has 0 spiro atoms. The Morgan fingerprint density at radius 1 is 0.850 bits per heavy atom. The smallest absolute Gasteiger partial charge is 0.399 e. The van der Waals surface area contributed by atoms with E-state index in [1.807, 2.05) is 0 Å². The Kier molecular flexibility index (Phi) is 3.28. The minimum absolute atomic E-state index is 0.281. The molecule has 20 heavy (non-hydrogen) atoms. The monoisotopic (exact) mass is 286 g/mol. The Morgan fingerprint density at radius 2 is 1.45 bits per heavy atom. The highest BCUT2D eigenvalue weighted by Gasteiger charge is 2.51. The van der Waals surface area contributed by atoms with Gasteiger partial charge >= 0.3 is 7.12 Å². The molecule has 1 aromatic heterocycles. The third-order valence-electron chi connectivity index (χ3n) is 4.29. The SMILES string of the molecule is CC1(C)OB(c2ccc(-c3ccsc3)cc2)OC1(C)C. The maximum absolute atomic E-state index is 6.06. The minimum atomic E-state index is -0.288. The van der Waals surface area contributed by atoms with Crippen molar-refractivity contribution < 1.29 is 9.31 Å². The fourth-order valence-electron chi connectivity index (χ4n) is 2.24. The Morgan fingerprint density at radius 3 is 1.95 bits per heavy atom. The molecule has 0 aliphatic carbocycles.